The van der Waals surface area contributed by atoms with Gasteiger partial charge in [-0.05, 0) is 31.2 Å². The summed E-state index contributed by atoms with van der Waals surface area (Å²) in [6, 6.07) is 3.36. The molecule has 4 rings (SSSR count). The van der Waals surface area contributed by atoms with Gasteiger partial charge in [-0.25, -0.2) is 0 Å². The van der Waals surface area contributed by atoms with E-state index in [1.165, 1.54) is 14.2 Å². The average Bonchev–Trinajstić information content (AvgIpc) is 3.43. The van der Waals surface area contributed by atoms with Gasteiger partial charge in [-0.3, -0.25) is 4.79 Å². The lowest BCUT2D eigenvalue weighted by Gasteiger charge is -2.18. The van der Waals surface area contributed by atoms with Crippen molar-refractivity contribution in [2.24, 2.45) is 5.92 Å². The van der Waals surface area contributed by atoms with E-state index in [2.05, 4.69) is 15.1 Å². The Hall–Kier alpha value is -2.68. The van der Waals surface area contributed by atoms with Crippen LogP contribution >= 0.6 is 0 Å². The number of carbonyl (C=O) groups excluding carboxylic acids is 1. The smallest absolute Gasteiger partial charge is 0.259 e. The van der Waals surface area contributed by atoms with Gasteiger partial charge in [-0.1, -0.05) is 5.16 Å². The van der Waals surface area contributed by atoms with Crippen LogP contribution in [0.5, 0.6) is 11.8 Å². The normalized spacial score (nSPS) is 20.1. The summed E-state index contributed by atoms with van der Waals surface area (Å²) < 4.78 is 21.2. The predicted octanol–water partition coefficient (Wildman–Crippen LogP) is 2.08. The van der Waals surface area contributed by atoms with Crippen LogP contribution in [0.25, 0.3) is 0 Å². The molecule has 2 fully saturated rings. The van der Waals surface area contributed by atoms with Crippen LogP contribution in [0.15, 0.2) is 16.7 Å². The molecule has 0 aliphatic carbocycles. The second-order valence-electron chi connectivity index (χ2n) is 7.46. The number of amides is 1. The Bertz CT molecular complexity index is 849. The molecular formula is C20H26N4O5. The Morgan fingerprint density at radius 3 is 2.76 bits per heavy atom. The highest BCUT2D eigenvalue weighted by molar-refractivity contribution is 5.96. The fraction of sp³-hybridized carbons (Fsp3) is 0.600. The Morgan fingerprint density at radius 2 is 2.00 bits per heavy atom. The Kier molecular flexibility index (Phi) is 5.94. The molecule has 0 aromatic carbocycles. The number of nitrogens with zero attached hydrogens (tertiary/aromatic N) is 4. The lowest BCUT2D eigenvalue weighted by Crippen LogP contribution is -2.29. The van der Waals surface area contributed by atoms with Crippen LogP contribution in [-0.4, -0.2) is 66.5 Å². The van der Waals surface area contributed by atoms with Crippen molar-refractivity contribution in [3.05, 3.63) is 29.4 Å². The molecule has 2 aliphatic rings. The number of likely N-dealkylation sites (tertiary alicyclic amines) is 1. The van der Waals surface area contributed by atoms with Gasteiger partial charge in [-0.15, -0.1) is 0 Å². The van der Waals surface area contributed by atoms with Crippen LogP contribution in [0, 0.1) is 5.92 Å². The van der Waals surface area contributed by atoms with Gasteiger partial charge in [0.05, 0.1) is 14.2 Å². The van der Waals surface area contributed by atoms with Crippen molar-refractivity contribution in [1.29, 1.82) is 0 Å². The minimum Gasteiger partial charge on any atom is -0.481 e. The van der Waals surface area contributed by atoms with Crippen molar-refractivity contribution < 1.29 is 23.5 Å². The van der Waals surface area contributed by atoms with E-state index >= 15 is 0 Å². The Balaban J connectivity index is 1.37. The molecule has 9 heteroatoms. The average molecular weight is 402 g/mol. The van der Waals surface area contributed by atoms with Crippen molar-refractivity contribution in [3.8, 4) is 11.8 Å². The Labute approximate surface area is 169 Å². The van der Waals surface area contributed by atoms with Gasteiger partial charge in [0.15, 0.2) is 5.82 Å². The number of pyridine rings is 1. The summed E-state index contributed by atoms with van der Waals surface area (Å²) in [4.78, 5) is 23.6. The number of rotatable bonds is 6. The topological polar surface area (TPSA) is 99.8 Å². The second kappa shape index (κ2) is 8.77. The highest BCUT2D eigenvalue weighted by Gasteiger charge is 2.30. The summed E-state index contributed by atoms with van der Waals surface area (Å²) in [5.41, 5.74) is 0.440. The van der Waals surface area contributed by atoms with E-state index in [1.54, 1.807) is 12.1 Å². The minimum absolute atomic E-state index is 0.0875. The zero-order valence-corrected chi connectivity index (χ0v) is 16.8. The minimum atomic E-state index is -0.0875. The molecule has 1 unspecified atom stereocenters. The maximum atomic E-state index is 12.9. The van der Waals surface area contributed by atoms with E-state index in [9.17, 15) is 4.79 Å². The van der Waals surface area contributed by atoms with Gasteiger partial charge in [0.1, 0.15) is 5.56 Å². The fourth-order valence-corrected chi connectivity index (χ4v) is 3.93. The lowest BCUT2D eigenvalue weighted by atomic mass is 10.0. The van der Waals surface area contributed by atoms with Gasteiger partial charge in [0.25, 0.3) is 5.91 Å². The summed E-state index contributed by atoms with van der Waals surface area (Å²) >= 11 is 0. The van der Waals surface area contributed by atoms with Crippen LogP contribution in [0.1, 0.15) is 47.3 Å². The molecule has 29 heavy (non-hydrogen) atoms. The second-order valence-corrected chi connectivity index (χ2v) is 7.46. The first-order chi connectivity index (χ1) is 14.2. The number of aromatic nitrogens is 3. The van der Waals surface area contributed by atoms with Gasteiger partial charge >= 0.3 is 0 Å². The molecule has 2 aromatic rings. The van der Waals surface area contributed by atoms with Crippen molar-refractivity contribution in [2.45, 2.75) is 31.6 Å². The van der Waals surface area contributed by atoms with Crippen LogP contribution in [0.2, 0.25) is 0 Å². The van der Waals surface area contributed by atoms with Gasteiger partial charge in [0, 0.05) is 44.7 Å². The van der Waals surface area contributed by atoms with E-state index in [0.29, 0.717) is 48.7 Å². The molecule has 0 radical (unpaired) electrons. The third-order valence-corrected chi connectivity index (χ3v) is 5.57. The van der Waals surface area contributed by atoms with Crippen molar-refractivity contribution in [3.63, 3.8) is 0 Å². The summed E-state index contributed by atoms with van der Waals surface area (Å²) in [5, 5.41) is 4.16. The number of methoxy groups -OCH3 is 2. The predicted molar refractivity (Wildman–Crippen MR) is 102 cm³/mol. The molecule has 156 valence electrons. The van der Waals surface area contributed by atoms with Gasteiger partial charge < -0.3 is 23.6 Å². The number of carbonyl (C=O) groups is 1. The Morgan fingerprint density at radius 1 is 1.17 bits per heavy atom. The quantitative estimate of drug-likeness (QED) is 0.724. The van der Waals surface area contributed by atoms with Crippen LogP contribution in [0.3, 0.4) is 0 Å². The maximum Gasteiger partial charge on any atom is 0.259 e. The first-order valence-corrected chi connectivity index (χ1v) is 9.96. The maximum absolute atomic E-state index is 12.9. The molecule has 4 heterocycles. The highest BCUT2D eigenvalue weighted by Crippen LogP contribution is 2.28. The highest BCUT2D eigenvalue weighted by atomic mass is 16.5. The van der Waals surface area contributed by atoms with Gasteiger partial charge in [0.2, 0.25) is 17.7 Å². The molecule has 1 atom stereocenters. The van der Waals surface area contributed by atoms with E-state index in [1.807, 2.05) is 4.90 Å². The summed E-state index contributed by atoms with van der Waals surface area (Å²) in [6.07, 6.45) is 3.45. The molecular weight excluding hydrogens is 376 g/mol. The molecule has 2 aromatic heterocycles. The van der Waals surface area contributed by atoms with E-state index in [4.69, 9.17) is 18.7 Å². The molecule has 0 saturated carbocycles. The monoisotopic (exact) mass is 402 g/mol. The van der Waals surface area contributed by atoms with Gasteiger partial charge in [-0.2, -0.15) is 9.97 Å². The molecule has 0 bridgehead atoms. The molecule has 2 aliphatic heterocycles. The van der Waals surface area contributed by atoms with Crippen molar-refractivity contribution >= 4 is 5.91 Å². The van der Waals surface area contributed by atoms with Crippen molar-refractivity contribution in [1.82, 2.24) is 20.0 Å². The molecule has 2 saturated heterocycles. The third-order valence-electron chi connectivity index (χ3n) is 5.57. The van der Waals surface area contributed by atoms with E-state index in [0.717, 1.165) is 38.3 Å². The van der Waals surface area contributed by atoms with E-state index < -0.39 is 0 Å². The molecule has 0 N–H and O–H groups in total. The standard InChI is InChI=1S/C20H26N4O5/c1-26-17-4-3-15(19(22-17)27-2)20(25)24-8-5-13(12-24)11-16-21-18(29-23-16)14-6-9-28-10-7-14/h3-4,13-14H,5-12H2,1-2H3. The number of ether oxygens (including phenoxy) is 3. The van der Waals surface area contributed by atoms with Crippen LogP contribution < -0.4 is 9.47 Å². The zero-order chi connectivity index (χ0) is 20.2. The SMILES string of the molecule is COc1ccc(C(=O)N2CCC(Cc3noc(C4CCOCC4)n3)C2)c(OC)n1. The summed E-state index contributed by atoms with van der Waals surface area (Å²) in [7, 11) is 3.03. The number of hydrogen-bond acceptors (Lipinski definition) is 8. The molecule has 9 nitrogen and oxygen atoms in total. The first kappa shape index (κ1) is 19.6. The molecule has 1 amide bonds. The number of hydrogen-bond donors (Lipinski definition) is 0. The molecule has 0 spiro atoms. The summed E-state index contributed by atoms with van der Waals surface area (Å²) in [6.45, 7) is 2.82. The van der Waals surface area contributed by atoms with E-state index in [-0.39, 0.29) is 11.8 Å². The fourth-order valence-electron chi connectivity index (χ4n) is 3.93. The van der Waals surface area contributed by atoms with Crippen LogP contribution in [-0.2, 0) is 11.2 Å². The zero-order valence-electron chi connectivity index (χ0n) is 16.8. The van der Waals surface area contributed by atoms with Crippen molar-refractivity contribution in [2.75, 3.05) is 40.5 Å². The lowest BCUT2D eigenvalue weighted by molar-refractivity contribution is 0.0777. The first-order valence-electron chi connectivity index (χ1n) is 9.96. The summed E-state index contributed by atoms with van der Waals surface area (Å²) in [5.74, 6) is 2.62. The van der Waals surface area contributed by atoms with Crippen LogP contribution in [0.4, 0.5) is 0 Å². The third kappa shape index (κ3) is 4.34. The largest absolute Gasteiger partial charge is 0.481 e.